The minimum absolute atomic E-state index is 0.426. The third kappa shape index (κ3) is 9.03. The van der Waals surface area contributed by atoms with Crippen molar-refractivity contribution in [2.45, 2.75) is 129 Å². The fraction of sp³-hybridized carbons (Fsp3) is 0.846. The minimum atomic E-state index is -0.558. The zero-order valence-corrected chi connectivity index (χ0v) is 20.4. The summed E-state index contributed by atoms with van der Waals surface area (Å²) < 4.78 is 0. The van der Waals surface area contributed by atoms with E-state index in [-0.39, 0.29) is 0 Å². The maximum absolute atomic E-state index is 12.1. The van der Waals surface area contributed by atoms with E-state index in [0.717, 1.165) is 109 Å². The summed E-state index contributed by atoms with van der Waals surface area (Å²) in [5.41, 5.74) is -1.03. The summed E-state index contributed by atoms with van der Waals surface area (Å²) in [6, 6.07) is 0. The number of carbonyl (C=O) groups is 2. The van der Waals surface area contributed by atoms with Gasteiger partial charge in [-0.15, -0.1) is 9.81 Å². The predicted octanol–water partition coefficient (Wildman–Crippen LogP) is 8.18. The maximum atomic E-state index is 12.1. The summed E-state index contributed by atoms with van der Waals surface area (Å²) in [5.74, 6) is -0.894. The first-order valence-corrected chi connectivity index (χ1v) is 12.9. The molecule has 0 saturated heterocycles. The molecule has 0 heterocycles. The first-order valence-electron chi connectivity index (χ1n) is 12.9. The molecule has 1 rings (SSSR count). The number of hydrogen-bond donors (Lipinski definition) is 0. The fourth-order valence-electron chi connectivity index (χ4n) is 5.22. The molecule has 6 heteroatoms. The molecule has 0 aromatic rings. The Balaban J connectivity index is 2.23. The van der Waals surface area contributed by atoms with Gasteiger partial charge in [0, 0.05) is 10.4 Å². The van der Waals surface area contributed by atoms with Crippen molar-refractivity contribution in [2.24, 2.45) is 21.2 Å². The van der Waals surface area contributed by atoms with Crippen molar-refractivity contribution in [1.82, 2.24) is 0 Å². The lowest BCUT2D eigenvalue weighted by molar-refractivity contribution is -0.130. The fourth-order valence-corrected chi connectivity index (χ4v) is 5.22. The van der Waals surface area contributed by atoms with Gasteiger partial charge in [-0.3, -0.25) is 9.59 Å². The zero-order valence-electron chi connectivity index (χ0n) is 20.4. The molecule has 0 spiro atoms. The van der Waals surface area contributed by atoms with Crippen LogP contribution in [0.15, 0.2) is 22.5 Å². The van der Waals surface area contributed by atoms with Crippen LogP contribution in [0.3, 0.4) is 0 Å². The monoisotopic (exact) mass is 448 g/mol. The van der Waals surface area contributed by atoms with Gasteiger partial charge in [-0.2, -0.15) is 0 Å². The zero-order chi connectivity index (χ0) is 23.7. The lowest BCUT2D eigenvalue weighted by Gasteiger charge is -2.33. The van der Waals surface area contributed by atoms with E-state index in [1.54, 1.807) is 0 Å². The van der Waals surface area contributed by atoms with Crippen molar-refractivity contribution >= 4 is 11.8 Å². The van der Waals surface area contributed by atoms with Crippen LogP contribution < -0.4 is 0 Å². The highest BCUT2D eigenvalue weighted by Gasteiger charge is 2.39. The molecular formula is C26H44N2O4. The van der Waals surface area contributed by atoms with E-state index in [2.05, 4.69) is 29.4 Å². The van der Waals surface area contributed by atoms with Gasteiger partial charge in [-0.05, 0) is 64.2 Å². The Labute approximate surface area is 194 Å². The molecule has 1 atom stereocenters. The SMILES string of the molecule is CCCCC(CC)(CCCC/C=C\CCCCCC1(C(=O)N=O)CCCCC1)C(=O)N=O. The number of nitrogens with zero attached hydrogens (tertiary/aromatic N) is 2. The van der Waals surface area contributed by atoms with Gasteiger partial charge in [0.1, 0.15) is 0 Å². The summed E-state index contributed by atoms with van der Waals surface area (Å²) in [7, 11) is 0. The highest BCUT2D eigenvalue weighted by atomic mass is 16.3. The quantitative estimate of drug-likeness (QED) is 0.127. The molecule has 1 aliphatic carbocycles. The van der Waals surface area contributed by atoms with Crippen LogP contribution in [-0.2, 0) is 9.59 Å². The van der Waals surface area contributed by atoms with Crippen molar-refractivity contribution in [3.05, 3.63) is 22.0 Å². The van der Waals surface area contributed by atoms with Gasteiger partial charge in [0.15, 0.2) is 0 Å². The molecule has 2 amide bonds. The second-order valence-corrected chi connectivity index (χ2v) is 9.69. The van der Waals surface area contributed by atoms with E-state index in [0.29, 0.717) is 6.42 Å². The Morgan fingerprint density at radius 2 is 1.44 bits per heavy atom. The lowest BCUT2D eigenvalue weighted by Crippen LogP contribution is -2.32. The Morgan fingerprint density at radius 3 is 2.00 bits per heavy atom. The summed E-state index contributed by atoms with van der Waals surface area (Å²) >= 11 is 0. The van der Waals surface area contributed by atoms with Crippen molar-refractivity contribution < 1.29 is 9.59 Å². The molecule has 0 N–H and O–H groups in total. The summed E-state index contributed by atoms with van der Waals surface area (Å²) in [6.07, 6.45) is 21.3. The normalized spacial score (nSPS) is 17.7. The van der Waals surface area contributed by atoms with Gasteiger partial charge in [-0.25, -0.2) is 0 Å². The van der Waals surface area contributed by atoms with E-state index >= 15 is 0 Å². The Morgan fingerprint density at radius 1 is 0.812 bits per heavy atom. The highest BCUT2D eigenvalue weighted by Crippen LogP contribution is 2.42. The first-order chi connectivity index (χ1) is 15.5. The second-order valence-electron chi connectivity index (χ2n) is 9.69. The average molecular weight is 449 g/mol. The van der Waals surface area contributed by atoms with Crippen LogP contribution in [0.2, 0.25) is 0 Å². The van der Waals surface area contributed by atoms with Crippen molar-refractivity contribution in [2.75, 3.05) is 0 Å². The summed E-state index contributed by atoms with van der Waals surface area (Å²) in [6.45, 7) is 4.08. The van der Waals surface area contributed by atoms with Crippen LogP contribution in [0, 0.1) is 20.6 Å². The van der Waals surface area contributed by atoms with Crippen molar-refractivity contribution in [3.8, 4) is 0 Å². The molecule has 1 fully saturated rings. The van der Waals surface area contributed by atoms with Crippen LogP contribution in [0.4, 0.5) is 0 Å². The van der Waals surface area contributed by atoms with E-state index in [1.165, 1.54) is 0 Å². The molecule has 0 aromatic heterocycles. The van der Waals surface area contributed by atoms with Crippen LogP contribution in [0.1, 0.15) is 129 Å². The summed E-state index contributed by atoms with van der Waals surface area (Å²) in [5, 5.41) is 5.51. The van der Waals surface area contributed by atoms with Crippen molar-refractivity contribution in [1.29, 1.82) is 0 Å². The number of carbonyl (C=O) groups excluding carboxylic acids is 2. The molecule has 1 aliphatic rings. The molecule has 0 radical (unpaired) electrons. The number of unbranched alkanes of at least 4 members (excludes halogenated alkanes) is 6. The maximum Gasteiger partial charge on any atom is 0.292 e. The first kappa shape index (κ1) is 28.3. The lowest BCUT2D eigenvalue weighted by atomic mass is 9.70. The van der Waals surface area contributed by atoms with E-state index in [1.807, 2.05) is 6.92 Å². The van der Waals surface area contributed by atoms with Gasteiger partial charge in [0.2, 0.25) is 0 Å². The number of hydrogen-bond acceptors (Lipinski definition) is 4. The average Bonchev–Trinajstić information content (AvgIpc) is 2.84. The highest BCUT2D eigenvalue weighted by molar-refractivity contribution is 5.83. The van der Waals surface area contributed by atoms with Crippen molar-refractivity contribution in [3.63, 3.8) is 0 Å². The standard InChI is InChI=1S/C26H44N2O4/c1-3-5-18-25(4-2,23(29)27-31)19-14-11-9-7-6-8-10-12-15-20-26(24(30)28-32)21-16-13-17-22-26/h6-7H,3-5,8-22H2,1-2H3/b7-6-. The predicted molar refractivity (Wildman–Crippen MR) is 130 cm³/mol. The molecule has 0 bridgehead atoms. The molecule has 1 saturated carbocycles. The number of allylic oxidation sites excluding steroid dienone is 2. The molecule has 1 unspecified atom stereocenters. The number of rotatable bonds is 17. The van der Waals surface area contributed by atoms with E-state index in [4.69, 9.17) is 0 Å². The van der Waals surface area contributed by atoms with Crippen LogP contribution >= 0.6 is 0 Å². The third-order valence-electron chi connectivity index (χ3n) is 7.54. The third-order valence-corrected chi connectivity index (χ3v) is 7.54. The molecule has 6 nitrogen and oxygen atoms in total. The Bertz CT molecular complexity index is 611. The molecule has 32 heavy (non-hydrogen) atoms. The minimum Gasteiger partial charge on any atom is -0.268 e. The van der Waals surface area contributed by atoms with Crippen LogP contribution in [-0.4, -0.2) is 11.8 Å². The molecule has 0 aliphatic heterocycles. The van der Waals surface area contributed by atoms with Crippen LogP contribution in [0.5, 0.6) is 0 Å². The number of amides is 2. The molecular weight excluding hydrogens is 404 g/mol. The van der Waals surface area contributed by atoms with Gasteiger partial charge in [-0.1, -0.05) is 77.4 Å². The topological polar surface area (TPSA) is 93.0 Å². The molecule has 182 valence electrons. The van der Waals surface area contributed by atoms with Gasteiger partial charge in [0.05, 0.1) is 10.8 Å². The van der Waals surface area contributed by atoms with Gasteiger partial charge in [0.25, 0.3) is 11.8 Å². The second kappa shape index (κ2) is 16.0. The number of nitroso groups, excluding NO2 is 2. The van der Waals surface area contributed by atoms with Gasteiger partial charge < -0.3 is 0 Å². The summed E-state index contributed by atoms with van der Waals surface area (Å²) in [4.78, 5) is 45.8. The Hall–Kier alpha value is -1.72. The van der Waals surface area contributed by atoms with E-state index in [9.17, 15) is 19.4 Å². The largest absolute Gasteiger partial charge is 0.292 e. The Kier molecular flexibility index (Phi) is 14.1. The van der Waals surface area contributed by atoms with E-state index < -0.39 is 22.6 Å². The smallest absolute Gasteiger partial charge is 0.268 e. The molecule has 0 aromatic carbocycles. The van der Waals surface area contributed by atoms with Crippen LogP contribution in [0.25, 0.3) is 0 Å². The van der Waals surface area contributed by atoms with Gasteiger partial charge >= 0.3 is 0 Å².